The maximum absolute atomic E-state index is 13.0. The third-order valence-electron chi connectivity index (χ3n) is 5.43. The number of aryl methyl sites for hydroxylation is 2. The van der Waals surface area contributed by atoms with Crippen molar-refractivity contribution in [2.24, 2.45) is 7.05 Å². The summed E-state index contributed by atoms with van der Waals surface area (Å²) in [6.07, 6.45) is -2.68. The minimum absolute atomic E-state index is 0.0493. The summed E-state index contributed by atoms with van der Waals surface area (Å²) in [5.74, 6) is 0.323. The number of nitrogens with two attached hydrogens (primary N) is 1. The molecular formula is C19H19N7O4S. The third-order valence-corrected chi connectivity index (χ3v) is 6.33. The first-order chi connectivity index (χ1) is 14.8. The Morgan fingerprint density at radius 1 is 1.39 bits per heavy atom. The number of aromatic nitrogens is 5. The molecule has 3 aromatic heterocycles. The lowest BCUT2D eigenvalue weighted by atomic mass is 10.1. The second-order valence-electron chi connectivity index (χ2n) is 7.35. The summed E-state index contributed by atoms with van der Waals surface area (Å²) < 4.78 is 11.9. The third kappa shape index (κ3) is 3.07. The number of carbonyl (C=O) groups excluding carboxylic acids is 1. The van der Waals surface area contributed by atoms with E-state index >= 15 is 0 Å². The Morgan fingerprint density at radius 2 is 2.19 bits per heavy atom. The standard InChI is InChI=1S/C19H19N7O4S/c1-8-7-11(23-25(8)2)26-5-6-30-14(19(26)29)13(27)17-21-10-4-3-9-15(31-24-16(9)20)12(10)18(28)22-17/h3-4,7,13-14,27H,5-6H2,1-2H3,(H2,20,24)(H,21,22,28)/t13-,14-/m1/s1. The van der Waals surface area contributed by atoms with E-state index in [2.05, 4.69) is 19.4 Å². The minimum Gasteiger partial charge on any atom is -0.382 e. The molecular weight excluding hydrogens is 422 g/mol. The van der Waals surface area contributed by atoms with E-state index in [-0.39, 0.29) is 12.4 Å². The van der Waals surface area contributed by atoms with Crippen molar-refractivity contribution in [3.05, 3.63) is 40.1 Å². The molecule has 0 unspecified atom stereocenters. The van der Waals surface area contributed by atoms with Gasteiger partial charge in [0.2, 0.25) is 0 Å². The van der Waals surface area contributed by atoms with Crippen molar-refractivity contribution in [2.75, 3.05) is 23.8 Å². The van der Waals surface area contributed by atoms with Gasteiger partial charge in [0.1, 0.15) is 17.7 Å². The number of fused-ring (bicyclic) bond motifs is 3. The fourth-order valence-corrected chi connectivity index (χ4v) is 4.54. The maximum Gasteiger partial charge on any atom is 0.282 e. The summed E-state index contributed by atoms with van der Waals surface area (Å²) in [6, 6.07) is 5.21. The Labute approximate surface area is 179 Å². The molecule has 31 heavy (non-hydrogen) atoms. The maximum atomic E-state index is 13.0. The first-order valence-corrected chi connectivity index (χ1v) is 10.3. The molecule has 1 aliphatic rings. The van der Waals surface area contributed by atoms with Crippen LogP contribution in [-0.2, 0) is 16.6 Å². The number of nitrogens with zero attached hydrogens (tertiary/aromatic N) is 5. The predicted octanol–water partition coefficient (Wildman–Crippen LogP) is 0.622. The van der Waals surface area contributed by atoms with Gasteiger partial charge in [-0.1, -0.05) is 0 Å². The Kier molecular flexibility index (Phi) is 4.50. The van der Waals surface area contributed by atoms with Gasteiger partial charge in [-0.05, 0) is 30.6 Å². The van der Waals surface area contributed by atoms with Gasteiger partial charge in [0.05, 0.1) is 28.8 Å². The van der Waals surface area contributed by atoms with E-state index < -0.39 is 23.7 Å². The lowest BCUT2D eigenvalue weighted by Gasteiger charge is -2.32. The fourth-order valence-electron chi connectivity index (χ4n) is 3.69. The van der Waals surface area contributed by atoms with E-state index in [0.717, 1.165) is 17.2 Å². The largest absolute Gasteiger partial charge is 0.382 e. The highest BCUT2D eigenvalue weighted by Crippen LogP contribution is 2.30. The van der Waals surface area contributed by atoms with Gasteiger partial charge in [-0.25, -0.2) is 0 Å². The Balaban J connectivity index is 1.51. The summed E-state index contributed by atoms with van der Waals surface area (Å²) in [4.78, 5) is 34.2. The number of nitrogen functional groups attached to an aromatic ring is 1. The first-order valence-electron chi connectivity index (χ1n) is 9.54. The smallest absolute Gasteiger partial charge is 0.282 e. The second-order valence-corrected chi connectivity index (χ2v) is 8.13. The van der Waals surface area contributed by atoms with Gasteiger partial charge in [0.15, 0.2) is 11.9 Å². The molecule has 160 valence electrons. The molecule has 1 aliphatic heterocycles. The van der Waals surface area contributed by atoms with E-state index in [1.807, 2.05) is 6.92 Å². The van der Waals surface area contributed by atoms with Gasteiger partial charge in [-0.3, -0.25) is 19.2 Å². The Bertz CT molecular complexity index is 1370. The number of morpholine rings is 1. The summed E-state index contributed by atoms with van der Waals surface area (Å²) in [5, 5.41) is 16.2. The first kappa shape index (κ1) is 19.6. The normalized spacial score (nSPS) is 18.2. The predicted molar refractivity (Wildman–Crippen MR) is 115 cm³/mol. The van der Waals surface area contributed by atoms with Crippen LogP contribution in [-0.4, -0.2) is 54.4 Å². The van der Waals surface area contributed by atoms with Crippen molar-refractivity contribution in [1.82, 2.24) is 24.1 Å². The molecule has 0 bridgehead atoms. The molecule has 0 aliphatic carbocycles. The van der Waals surface area contributed by atoms with Gasteiger partial charge in [0.25, 0.3) is 11.5 Å². The van der Waals surface area contributed by atoms with Crippen LogP contribution in [0.1, 0.15) is 17.6 Å². The number of aliphatic hydroxyl groups excluding tert-OH is 1. The zero-order chi connectivity index (χ0) is 21.9. The summed E-state index contributed by atoms with van der Waals surface area (Å²) in [6.45, 7) is 2.40. The summed E-state index contributed by atoms with van der Waals surface area (Å²) in [5.41, 5.74) is 6.65. The number of benzene rings is 1. The monoisotopic (exact) mass is 441 g/mol. The van der Waals surface area contributed by atoms with Crippen LogP contribution in [0.15, 0.2) is 23.0 Å². The summed E-state index contributed by atoms with van der Waals surface area (Å²) >= 11 is 1.11. The van der Waals surface area contributed by atoms with Crippen molar-refractivity contribution >= 4 is 50.1 Å². The molecule has 11 nitrogen and oxygen atoms in total. The van der Waals surface area contributed by atoms with E-state index in [1.165, 1.54) is 4.90 Å². The number of rotatable bonds is 3. The molecule has 4 aromatic rings. The number of nitrogens with one attached hydrogen (secondary N) is 1. The number of hydrogen-bond acceptors (Lipinski definition) is 9. The van der Waals surface area contributed by atoms with Crippen LogP contribution in [0.5, 0.6) is 0 Å². The van der Waals surface area contributed by atoms with E-state index in [1.54, 1.807) is 29.9 Å². The fraction of sp³-hybridized carbons (Fsp3) is 0.316. The Hall–Kier alpha value is -3.35. The van der Waals surface area contributed by atoms with Crippen LogP contribution in [0.3, 0.4) is 0 Å². The van der Waals surface area contributed by atoms with E-state index in [4.69, 9.17) is 10.5 Å². The molecule has 0 radical (unpaired) electrons. The van der Waals surface area contributed by atoms with Gasteiger partial charge < -0.3 is 20.6 Å². The van der Waals surface area contributed by atoms with Crippen LogP contribution in [0.25, 0.3) is 21.0 Å². The zero-order valence-corrected chi connectivity index (χ0v) is 17.5. The molecule has 5 rings (SSSR count). The molecule has 4 heterocycles. The molecule has 1 saturated heterocycles. The highest BCUT2D eigenvalue weighted by molar-refractivity contribution is 7.14. The van der Waals surface area contributed by atoms with Gasteiger partial charge in [-0.2, -0.15) is 14.5 Å². The second kappa shape index (κ2) is 7.11. The minimum atomic E-state index is -1.46. The van der Waals surface area contributed by atoms with Crippen LogP contribution in [0.2, 0.25) is 0 Å². The molecule has 1 aromatic carbocycles. The van der Waals surface area contributed by atoms with Gasteiger partial charge in [0, 0.05) is 24.2 Å². The van der Waals surface area contributed by atoms with E-state index in [9.17, 15) is 14.7 Å². The number of hydrogen-bond donors (Lipinski definition) is 3. The topological polar surface area (TPSA) is 152 Å². The lowest BCUT2D eigenvalue weighted by Crippen LogP contribution is -2.50. The number of anilines is 2. The number of carbonyl (C=O) groups is 1. The number of amides is 1. The van der Waals surface area contributed by atoms with Gasteiger partial charge >= 0.3 is 0 Å². The average molecular weight is 441 g/mol. The zero-order valence-electron chi connectivity index (χ0n) is 16.7. The van der Waals surface area contributed by atoms with Crippen molar-refractivity contribution in [2.45, 2.75) is 19.1 Å². The van der Waals surface area contributed by atoms with Crippen molar-refractivity contribution in [3.8, 4) is 0 Å². The molecule has 12 heteroatoms. The summed E-state index contributed by atoms with van der Waals surface area (Å²) in [7, 11) is 1.79. The molecule has 1 amide bonds. The molecule has 4 N–H and O–H groups in total. The molecule has 1 fully saturated rings. The highest BCUT2D eigenvalue weighted by Gasteiger charge is 2.38. The number of aromatic amines is 1. The number of ether oxygens (including phenoxy) is 1. The van der Waals surface area contributed by atoms with Crippen LogP contribution in [0.4, 0.5) is 11.6 Å². The van der Waals surface area contributed by atoms with Gasteiger partial charge in [-0.15, -0.1) is 0 Å². The van der Waals surface area contributed by atoms with Crippen LogP contribution in [0, 0.1) is 6.92 Å². The molecule has 0 spiro atoms. The quantitative estimate of drug-likeness (QED) is 0.418. The van der Waals surface area contributed by atoms with Crippen molar-refractivity contribution < 1.29 is 14.6 Å². The Morgan fingerprint density at radius 3 is 2.94 bits per heavy atom. The lowest BCUT2D eigenvalue weighted by molar-refractivity contribution is -0.143. The number of aliphatic hydroxyl groups is 1. The molecule has 0 saturated carbocycles. The average Bonchev–Trinajstić information content (AvgIpc) is 3.29. The van der Waals surface area contributed by atoms with Crippen LogP contribution >= 0.6 is 11.5 Å². The van der Waals surface area contributed by atoms with E-state index in [0.29, 0.717) is 39.2 Å². The SMILES string of the molecule is Cc1cc(N2CCO[C@H]([C@@H](O)c3nc(=O)c4c(ccc5c(N)nsc54)[nH]3)C2=O)nn1C. The number of H-pyrrole nitrogens is 1. The molecule has 2 atom stereocenters. The van der Waals surface area contributed by atoms with Crippen molar-refractivity contribution in [3.63, 3.8) is 0 Å². The van der Waals surface area contributed by atoms with Crippen LogP contribution < -0.4 is 16.2 Å². The van der Waals surface area contributed by atoms with Crippen molar-refractivity contribution in [1.29, 1.82) is 0 Å². The highest BCUT2D eigenvalue weighted by atomic mass is 32.1.